The number of aromatic nitrogens is 1. The van der Waals surface area contributed by atoms with Gasteiger partial charge in [0.15, 0.2) is 0 Å². The quantitative estimate of drug-likeness (QED) is 0.646. The first-order chi connectivity index (χ1) is 9.97. The highest BCUT2D eigenvalue weighted by Crippen LogP contribution is 2.19. The number of anilines is 1. The van der Waals surface area contributed by atoms with E-state index in [1.54, 1.807) is 25.1 Å². The van der Waals surface area contributed by atoms with Gasteiger partial charge in [0, 0.05) is 23.9 Å². The summed E-state index contributed by atoms with van der Waals surface area (Å²) < 4.78 is 0. The first-order valence-corrected chi connectivity index (χ1v) is 6.15. The fraction of sp³-hybridized carbons (Fsp3) is 0.143. The van der Waals surface area contributed by atoms with E-state index in [0.29, 0.717) is 17.1 Å². The van der Waals surface area contributed by atoms with Crippen molar-refractivity contribution in [3.8, 4) is 0 Å². The molecule has 2 N–H and O–H groups in total. The van der Waals surface area contributed by atoms with Crippen LogP contribution in [0.4, 0.5) is 11.5 Å². The van der Waals surface area contributed by atoms with Crippen LogP contribution in [0.5, 0.6) is 0 Å². The van der Waals surface area contributed by atoms with Crippen LogP contribution in [-0.2, 0) is 6.54 Å². The molecule has 1 aromatic carbocycles. The van der Waals surface area contributed by atoms with Crippen LogP contribution in [0.15, 0.2) is 36.4 Å². The molecular formula is C14H13N3O4. The molecule has 0 aliphatic heterocycles. The summed E-state index contributed by atoms with van der Waals surface area (Å²) in [6.07, 6.45) is 0. The molecule has 108 valence electrons. The maximum Gasteiger partial charge on any atom is 0.335 e. The number of aryl methyl sites for hydroxylation is 1. The lowest BCUT2D eigenvalue weighted by Gasteiger charge is -2.08. The van der Waals surface area contributed by atoms with E-state index in [1.807, 2.05) is 0 Å². The van der Waals surface area contributed by atoms with Crippen LogP contribution in [0.1, 0.15) is 21.6 Å². The van der Waals surface area contributed by atoms with Crippen LogP contribution < -0.4 is 5.32 Å². The molecule has 0 saturated carbocycles. The zero-order valence-electron chi connectivity index (χ0n) is 11.2. The summed E-state index contributed by atoms with van der Waals surface area (Å²) in [6, 6.07) is 9.20. The maximum absolute atomic E-state index is 11.0. The fourth-order valence-electron chi connectivity index (χ4n) is 1.91. The second-order valence-electron chi connectivity index (χ2n) is 4.43. The molecule has 1 heterocycles. The molecule has 0 radical (unpaired) electrons. The molecule has 7 heteroatoms. The van der Waals surface area contributed by atoms with Crippen LogP contribution >= 0.6 is 0 Å². The molecule has 0 saturated heterocycles. The van der Waals surface area contributed by atoms with Gasteiger partial charge in [0.05, 0.1) is 10.5 Å². The van der Waals surface area contributed by atoms with Gasteiger partial charge in [-0.05, 0) is 19.1 Å². The number of carbonyl (C=O) groups is 1. The van der Waals surface area contributed by atoms with Gasteiger partial charge in [-0.1, -0.05) is 18.2 Å². The molecule has 0 unspecified atom stereocenters. The predicted molar refractivity (Wildman–Crippen MR) is 76.4 cm³/mol. The van der Waals surface area contributed by atoms with Gasteiger partial charge in [-0.2, -0.15) is 0 Å². The van der Waals surface area contributed by atoms with E-state index in [1.165, 1.54) is 18.2 Å². The van der Waals surface area contributed by atoms with E-state index in [4.69, 9.17) is 5.11 Å². The summed E-state index contributed by atoms with van der Waals surface area (Å²) in [7, 11) is 0. The van der Waals surface area contributed by atoms with Gasteiger partial charge in [-0.15, -0.1) is 0 Å². The maximum atomic E-state index is 11.0. The second-order valence-corrected chi connectivity index (χ2v) is 4.43. The van der Waals surface area contributed by atoms with Gasteiger partial charge in [0.25, 0.3) is 5.69 Å². The van der Waals surface area contributed by atoms with Crippen LogP contribution in [0.3, 0.4) is 0 Å². The predicted octanol–water partition coefficient (Wildman–Crippen LogP) is 2.61. The van der Waals surface area contributed by atoms with Crippen molar-refractivity contribution >= 4 is 17.5 Å². The van der Waals surface area contributed by atoms with E-state index < -0.39 is 10.9 Å². The summed E-state index contributed by atoms with van der Waals surface area (Å²) >= 11 is 0. The van der Waals surface area contributed by atoms with Crippen molar-refractivity contribution < 1.29 is 14.8 Å². The number of nitrogens with one attached hydrogen (secondary N) is 1. The Bertz CT molecular complexity index is 700. The molecule has 2 aromatic rings. The molecule has 0 fully saturated rings. The summed E-state index contributed by atoms with van der Waals surface area (Å²) in [6.45, 7) is 1.87. The third-order valence-corrected chi connectivity index (χ3v) is 2.85. The Morgan fingerprint density at radius 1 is 1.38 bits per heavy atom. The molecule has 1 aromatic heterocycles. The largest absolute Gasteiger partial charge is 0.478 e. The lowest BCUT2D eigenvalue weighted by molar-refractivity contribution is -0.385. The molecule has 0 atom stereocenters. The molecule has 0 aliphatic carbocycles. The number of para-hydroxylation sites is 1. The molecule has 7 nitrogen and oxygen atoms in total. The molecule has 21 heavy (non-hydrogen) atoms. The molecule has 0 amide bonds. The van der Waals surface area contributed by atoms with Crippen molar-refractivity contribution in [1.29, 1.82) is 0 Å². The topological polar surface area (TPSA) is 105 Å². The highest BCUT2D eigenvalue weighted by atomic mass is 16.6. The number of nitrogens with zero attached hydrogens (tertiary/aromatic N) is 2. The molecule has 2 rings (SSSR count). The van der Waals surface area contributed by atoms with Gasteiger partial charge in [0.2, 0.25) is 0 Å². The first kappa shape index (κ1) is 14.4. The van der Waals surface area contributed by atoms with Crippen molar-refractivity contribution in [2.75, 3.05) is 5.32 Å². The van der Waals surface area contributed by atoms with E-state index in [-0.39, 0.29) is 17.8 Å². The summed E-state index contributed by atoms with van der Waals surface area (Å²) in [4.78, 5) is 25.6. The van der Waals surface area contributed by atoms with Crippen molar-refractivity contribution in [3.63, 3.8) is 0 Å². The lowest BCUT2D eigenvalue weighted by Crippen LogP contribution is -2.07. The van der Waals surface area contributed by atoms with Gasteiger partial charge < -0.3 is 10.4 Å². The Morgan fingerprint density at radius 2 is 2.10 bits per heavy atom. The highest BCUT2D eigenvalue weighted by molar-refractivity contribution is 5.88. The number of aromatic carboxylic acids is 1. The van der Waals surface area contributed by atoms with Gasteiger partial charge >= 0.3 is 5.97 Å². The van der Waals surface area contributed by atoms with Crippen molar-refractivity contribution in [1.82, 2.24) is 4.98 Å². The third kappa shape index (κ3) is 3.53. The van der Waals surface area contributed by atoms with Gasteiger partial charge in [-0.3, -0.25) is 10.1 Å². The third-order valence-electron chi connectivity index (χ3n) is 2.85. The smallest absolute Gasteiger partial charge is 0.335 e. The Morgan fingerprint density at radius 3 is 2.76 bits per heavy atom. The van der Waals surface area contributed by atoms with Crippen molar-refractivity contribution in [3.05, 3.63) is 63.3 Å². The van der Waals surface area contributed by atoms with Crippen LogP contribution in [0.2, 0.25) is 0 Å². The second kappa shape index (κ2) is 6.00. The number of carboxylic acid groups (broad SMARTS) is 1. The average molecular weight is 287 g/mol. The van der Waals surface area contributed by atoms with E-state index in [2.05, 4.69) is 10.3 Å². The van der Waals surface area contributed by atoms with Crippen molar-refractivity contribution in [2.24, 2.45) is 0 Å². The Kier molecular flexibility index (Phi) is 4.13. The molecule has 0 bridgehead atoms. The number of carboxylic acids is 1. The number of pyridine rings is 1. The number of benzene rings is 1. The Hall–Kier alpha value is -2.96. The zero-order valence-corrected chi connectivity index (χ0v) is 11.2. The Labute approximate surface area is 120 Å². The summed E-state index contributed by atoms with van der Waals surface area (Å²) in [5.74, 6) is -0.681. The number of nitro groups is 1. The van der Waals surface area contributed by atoms with Gasteiger partial charge in [-0.25, -0.2) is 9.78 Å². The lowest BCUT2D eigenvalue weighted by atomic mass is 10.2. The van der Waals surface area contributed by atoms with Crippen LogP contribution in [-0.4, -0.2) is 21.0 Å². The molecular weight excluding hydrogens is 274 g/mol. The summed E-state index contributed by atoms with van der Waals surface area (Å²) in [5, 5.41) is 22.8. The zero-order chi connectivity index (χ0) is 15.4. The minimum atomic E-state index is -1.05. The monoisotopic (exact) mass is 287 g/mol. The van der Waals surface area contributed by atoms with Crippen molar-refractivity contribution in [2.45, 2.75) is 13.5 Å². The van der Waals surface area contributed by atoms with Crippen LogP contribution in [0, 0.1) is 17.0 Å². The normalized spacial score (nSPS) is 10.1. The number of rotatable bonds is 5. The minimum Gasteiger partial charge on any atom is -0.478 e. The first-order valence-electron chi connectivity index (χ1n) is 6.15. The number of hydrogen-bond acceptors (Lipinski definition) is 5. The minimum absolute atomic E-state index is 0.0103. The van der Waals surface area contributed by atoms with Gasteiger partial charge in [0.1, 0.15) is 5.82 Å². The average Bonchev–Trinajstić information content (AvgIpc) is 2.44. The molecule has 0 spiro atoms. The van der Waals surface area contributed by atoms with E-state index in [0.717, 1.165) is 0 Å². The summed E-state index contributed by atoms with van der Waals surface area (Å²) in [5.41, 5.74) is 1.19. The molecule has 0 aliphatic rings. The highest BCUT2D eigenvalue weighted by Gasteiger charge is 2.12. The van der Waals surface area contributed by atoms with E-state index in [9.17, 15) is 14.9 Å². The fourth-order valence-corrected chi connectivity index (χ4v) is 1.91. The van der Waals surface area contributed by atoms with E-state index >= 15 is 0 Å². The number of hydrogen-bond donors (Lipinski definition) is 2. The standard InChI is InChI=1S/C14H13N3O4/c1-9-6-11(14(18)19)7-13(16-9)15-8-10-4-2-3-5-12(10)17(20)21/h2-7H,8H2,1H3,(H,15,16)(H,18,19). The Balaban J connectivity index is 2.21. The SMILES string of the molecule is Cc1cc(C(=O)O)cc(NCc2ccccc2[N+](=O)[O-])n1. The van der Waals surface area contributed by atoms with Crippen LogP contribution in [0.25, 0.3) is 0 Å². The number of nitro benzene ring substituents is 1.